The average molecular weight is 318 g/mol. The minimum absolute atomic E-state index is 0.0680. The van der Waals surface area contributed by atoms with E-state index in [2.05, 4.69) is 0 Å². The Morgan fingerprint density at radius 1 is 1.32 bits per heavy atom. The second kappa shape index (κ2) is 6.43. The Labute approximate surface area is 125 Å². The third kappa shape index (κ3) is 4.03. The Morgan fingerprint density at radius 3 is 2.50 bits per heavy atom. The molecule has 1 saturated heterocycles. The highest BCUT2D eigenvalue weighted by Crippen LogP contribution is 2.38. The fraction of sp³-hybridized carbons (Fsp3) is 0.500. The van der Waals surface area contributed by atoms with Gasteiger partial charge in [0.1, 0.15) is 0 Å². The van der Waals surface area contributed by atoms with Crippen molar-refractivity contribution in [2.24, 2.45) is 0 Å². The van der Waals surface area contributed by atoms with Crippen molar-refractivity contribution in [2.75, 3.05) is 18.0 Å². The average Bonchev–Trinajstić information content (AvgIpc) is 2.45. The number of nitrogens with one attached hydrogen (secondary N) is 1. The number of benzene rings is 1. The molecule has 0 radical (unpaired) electrons. The van der Waals surface area contributed by atoms with Crippen LogP contribution in [-0.2, 0) is 12.7 Å². The Balaban J connectivity index is 2.27. The fourth-order valence-electron chi connectivity index (χ4n) is 2.48. The lowest BCUT2D eigenvalue weighted by atomic mass is 10.0. The van der Waals surface area contributed by atoms with Crippen molar-refractivity contribution >= 4 is 11.8 Å². The van der Waals surface area contributed by atoms with Gasteiger partial charge in [-0.05, 0) is 30.5 Å². The van der Waals surface area contributed by atoms with Crippen LogP contribution >= 0.6 is 0 Å². The number of aliphatic hydroxyl groups excluding tert-OH is 1. The van der Waals surface area contributed by atoms with Crippen molar-refractivity contribution in [3.05, 3.63) is 29.3 Å². The summed E-state index contributed by atoms with van der Waals surface area (Å²) in [6.07, 6.45) is -5.42. The largest absolute Gasteiger partial charge is 0.465 e. The third-order valence-electron chi connectivity index (χ3n) is 3.62. The first kappa shape index (κ1) is 16.4. The summed E-state index contributed by atoms with van der Waals surface area (Å²) in [6.45, 7) is 0.533. The Hall–Kier alpha value is -1.96. The first-order valence-electron chi connectivity index (χ1n) is 6.87. The van der Waals surface area contributed by atoms with E-state index in [1.165, 1.54) is 12.1 Å². The van der Waals surface area contributed by atoms with E-state index in [0.29, 0.717) is 25.9 Å². The zero-order valence-electron chi connectivity index (χ0n) is 11.7. The Morgan fingerprint density at radius 2 is 1.95 bits per heavy atom. The molecule has 1 aromatic rings. The number of anilines is 1. The standard InChI is InChI=1S/C14H17F3N2O3/c15-14(16,17)11-7-9(8-18-13(21)22)1-2-12(11)19-5-3-10(20)4-6-19/h1-2,7,10,18,20H,3-6,8H2,(H,21,22). The number of halogens is 3. The van der Waals surface area contributed by atoms with E-state index in [9.17, 15) is 23.1 Å². The summed E-state index contributed by atoms with van der Waals surface area (Å²) in [5.74, 6) is 0. The highest BCUT2D eigenvalue weighted by Gasteiger charge is 2.35. The Kier molecular flexibility index (Phi) is 4.80. The number of carboxylic acid groups (broad SMARTS) is 1. The molecule has 1 fully saturated rings. The van der Waals surface area contributed by atoms with Gasteiger partial charge in [0, 0.05) is 25.3 Å². The molecule has 8 heteroatoms. The molecular formula is C14H17F3N2O3. The summed E-state index contributed by atoms with van der Waals surface area (Å²) in [5.41, 5.74) is -0.470. The molecule has 0 atom stereocenters. The quantitative estimate of drug-likeness (QED) is 0.800. The van der Waals surface area contributed by atoms with E-state index in [1.54, 1.807) is 4.90 Å². The number of hydrogen-bond acceptors (Lipinski definition) is 3. The number of piperidine rings is 1. The van der Waals surface area contributed by atoms with Gasteiger partial charge < -0.3 is 20.4 Å². The van der Waals surface area contributed by atoms with Crippen molar-refractivity contribution in [1.82, 2.24) is 5.32 Å². The van der Waals surface area contributed by atoms with Gasteiger partial charge in [0.2, 0.25) is 0 Å². The molecule has 0 aromatic heterocycles. The van der Waals surface area contributed by atoms with E-state index < -0.39 is 23.9 Å². The number of rotatable bonds is 3. The number of nitrogens with zero attached hydrogens (tertiary/aromatic N) is 1. The summed E-state index contributed by atoms with van der Waals surface area (Å²) in [4.78, 5) is 12.0. The van der Waals surface area contributed by atoms with Gasteiger partial charge in [-0.2, -0.15) is 13.2 Å². The summed E-state index contributed by atoms with van der Waals surface area (Å²) in [7, 11) is 0. The van der Waals surface area contributed by atoms with Crippen LogP contribution in [0.2, 0.25) is 0 Å². The molecule has 3 N–H and O–H groups in total. The molecule has 2 rings (SSSR count). The summed E-state index contributed by atoms with van der Waals surface area (Å²) in [5, 5.41) is 20.0. The first-order chi connectivity index (χ1) is 10.3. The number of aliphatic hydroxyl groups is 1. The van der Waals surface area contributed by atoms with E-state index in [4.69, 9.17) is 5.11 Å². The number of hydrogen-bond donors (Lipinski definition) is 3. The van der Waals surface area contributed by atoms with Crippen LogP contribution in [0.5, 0.6) is 0 Å². The van der Waals surface area contributed by atoms with Crippen LogP contribution in [0.15, 0.2) is 18.2 Å². The molecule has 0 bridgehead atoms. The fourth-order valence-corrected chi connectivity index (χ4v) is 2.48. The van der Waals surface area contributed by atoms with Crippen molar-refractivity contribution in [1.29, 1.82) is 0 Å². The predicted octanol–water partition coefficient (Wildman–Crippen LogP) is 2.43. The highest BCUT2D eigenvalue weighted by atomic mass is 19.4. The lowest BCUT2D eigenvalue weighted by Gasteiger charge is -2.33. The van der Waals surface area contributed by atoms with Gasteiger partial charge in [-0.25, -0.2) is 4.79 Å². The summed E-state index contributed by atoms with van der Waals surface area (Å²) < 4.78 is 39.7. The normalized spacial score (nSPS) is 16.6. The maximum Gasteiger partial charge on any atom is 0.418 e. The van der Waals surface area contributed by atoms with Crippen molar-refractivity contribution in [3.63, 3.8) is 0 Å². The van der Waals surface area contributed by atoms with Gasteiger partial charge in [-0.3, -0.25) is 0 Å². The molecule has 0 aliphatic carbocycles. The molecule has 1 aliphatic rings. The van der Waals surface area contributed by atoms with Gasteiger partial charge in [-0.15, -0.1) is 0 Å². The van der Waals surface area contributed by atoms with Crippen LogP contribution in [0.3, 0.4) is 0 Å². The molecule has 5 nitrogen and oxygen atoms in total. The summed E-state index contributed by atoms with van der Waals surface area (Å²) >= 11 is 0. The predicted molar refractivity (Wildman–Crippen MR) is 73.8 cm³/mol. The molecule has 1 aromatic carbocycles. The van der Waals surface area contributed by atoms with Crippen LogP contribution in [0.4, 0.5) is 23.7 Å². The lowest BCUT2D eigenvalue weighted by molar-refractivity contribution is -0.137. The van der Waals surface area contributed by atoms with Crippen LogP contribution < -0.4 is 10.2 Å². The number of amides is 1. The van der Waals surface area contributed by atoms with E-state index in [-0.39, 0.29) is 17.8 Å². The van der Waals surface area contributed by atoms with Crippen molar-refractivity contribution in [2.45, 2.75) is 31.7 Å². The van der Waals surface area contributed by atoms with Crippen LogP contribution in [0, 0.1) is 0 Å². The molecular weight excluding hydrogens is 301 g/mol. The minimum Gasteiger partial charge on any atom is -0.465 e. The molecule has 22 heavy (non-hydrogen) atoms. The Bertz CT molecular complexity index is 541. The minimum atomic E-state index is -4.52. The second-order valence-electron chi connectivity index (χ2n) is 5.23. The molecule has 1 heterocycles. The zero-order chi connectivity index (χ0) is 16.3. The molecule has 0 spiro atoms. The van der Waals surface area contributed by atoms with Crippen LogP contribution in [-0.4, -0.2) is 35.5 Å². The summed E-state index contributed by atoms with van der Waals surface area (Å²) in [6, 6.07) is 3.81. The van der Waals surface area contributed by atoms with Crippen LogP contribution in [0.1, 0.15) is 24.0 Å². The monoisotopic (exact) mass is 318 g/mol. The lowest BCUT2D eigenvalue weighted by Crippen LogP contribution is -2.37. The molecule has 1 aliphatic heterocycles. The molecule has 1 amide bonds. The third-order valence-corrected chi connectivity index (χ3v) is 3.62. The maximum atomic E-state index is 13.2. The smallest absolute Gasteiger partial charge is 0.418 e. The van der Waals surface area contributed by atoms with Gasteiger partial charge in [0.15, 0.2) is 0 Å². The van der Waals surface area contributed by atoms with E-state index >= 15 is 0 Å². The zero-order valence-corrected chi connectivity index (χ0v) is 11.7. The van der Waals surface area contributed by atoms with Gasteiger partial charge in [0.05, 0.1) is 11.7 Å². The topological polar surface area (TPSA) is 72.8 Å². The van der Waals surface area contributed by atoms with E-state index in [1.807, 2.05) is 5.32 Å². The molecule has 0 unspecified atom stereocenters. The second-order valence-corrected chi connectivity index (χ2v) is 5.23. The van der Waals surface area contributed by atoms with Crippen LogP contribution in [0.25, 0.3) is 0 Å². The number of alkyl halides is 3. The van der Waals surface area contributed by atoms with E-state index in [0.717, 1.165) is 6.07 Å². The van der Waals surface area contributed by atoms with Crippen molar-refractivity contribution < 1.29 is 28.2 Å². The number of carbonyl (C=O) groups is 1. The van der Waals surface area contributed by atoms with Gasteiger partial charge >= 0.3 is 12.3 Å². The van der Waals surface area contributed by atoms with Gasteiger partial charge in [-0.1, -0.05) is 6.07 Å². The molecule has 122 valence electrons. The SMILES string of the molecule is O=C(O)NCc1ccc(N2CCC(O)CC2)c(C(F)(F)F)c1. The first-order valence-corrected chi connectivity index (χ1v) is 6.87. The highest BCUT2D eigenvalue weighted by molar-refractivity contribution is 5.64. The molecule has 0 saturated carbocycles. The van der Waals surface area contributed by atoms with Crippen molar-refractivity contribution in [3.8, 4) is 0 Å². The maximum absolute atomic E-state index is 13.2. The van der Waals surface area contributed by atoms with Gasteiger partial charge in [0.25, 0.3) is 0 Å².